The van der Waals surface area contributed by atoms with Gasteiger partial charge in [0, 0.05) is 11.9 Å². The summed E-state index contributed by atoms with van der Waals surface area (Å²) < 4.78 is 0. The van der Waals surface area contributed by atoms with E-state index in [0.717, 1.165) is 25.7 Å². The molecule has 0 saturated carbocycles. The van der Waals surface area contributed by atoms with E-state index in [-0.39, 0.29) is 6.42 Å². The molecule has 2 atom stereocenters. The molecule has 0 heterocycles. The molecule has 0 fully saturated rings. The van der Waals surface area contributed by atoms with Crippen LogP contribution in [0.15, 0.2) is 0 Å². The maximum atomic E-state index is 11.0. The second-order valence-corrected chi connectivity index (χ2v) is 4.93. The molecule has 0 N–H and O–H groups in total. The van der Waals surface area contributed by atoms with Crippen LogP contribution in [0.5, 0.6) is 0 Å². The number of rotatable bonds is 11. The minimum Gasteiger partial charge on any atom is -0.550 e. The Morgan fingerprint density at radius 2 is 1.72 bits per heavy atom. The lowest BCUT2D eigenvalue weighted by molar-refractivity contribution is -0.313. The van der Waals surface area contributed by atoms with Gasteiger partial charge in [-0.2, -0.15) is 0 Å². The molecule has 4 nitrogen and oxygen atoms in total. The molecule has 0 aliphatic heterocycles. The van der Waals surface area contributed by atoms with Gasteiger partial charge in [-0.3, -0.25) is 0 Å². The third-order valence-electron chi connectivity index (χ3n) is 3.43. The summed E-state index contributed by atoms with van der Waals surface area (Å²) in [6, 6.07) is 0. The van der Waals surface area contributed by atoms with Crippen LogP contribution in [0.1, 0.15) is 65.2 Å². The normalized spacial score (nSPS) is 14.1. The van der Waals surface area contributed by atoms with E-state index in [1.54, 1.807) is 0 Å². The summed E-state index contributed by atoms with van der Waals surface area (Å²) in [7, 11) is 0. The molecular formula is C14H24O4-2. The van der Waals surface area contributed by atoms with Gasteiger partial charge in [-0.05, 0) is 37.5 Å². The summed E-state index contributed by atoms with van der Waals surface area (Å²) in [5.74, 6) is -2.30. The Morgan fingerprint density at radius 1 is 1.06 bits per heavy atom. The van der Waals surface area contributed by atoms with Crippen molar-refractivity contribution in [3.63, 3.8) is 0 Å². The average molecular weight is 256 g/mol. The quantitative estimate of drug-likeness (QED) is 0.549. The Balaban J connectivity index is 4.14. The zero-order valence-corrected chi connectivity index (χ0v) is 11.4. The van der Waals surface area contributed by atoms with E-state index >= 15 is 0 Å². The molecule has 18 heavy (non-hydrogen) atoms. The maximum Gasteiger partial charge on any atom is 0.0445 e. The Hall–Kier alpha value is -1.06. The van der Waals surface area contributed by atoms with Gasteiger partial charge in [0.15, 0.2) is 0 Å². The number of hydrogen-bond acceptors (Lipinski definition) is 4. The van der Waals surface area contributed by atoms with Gasteiger partial charge in [-0.25, -0.2) is 0 Å². The van der Waals surface area contributed by atoms with Gasteiger partial charge in [0.2, 0.25) is 0 Å². The number of carboxylic acids is 2. The van der Waals surface area contributed by atoms with Crippen molar-refractivity contribution >= 4 is 11.9 Å². The first-order valence-electron chi connectivity index (χ1n) is 6.91. The van der Waals surface area contributed by atoms with E-state index < -0.39 is 17.9 Å². The standard InChI is InChI=1S/C14H26O4/c1-3-5-7-11(4-2)10-12(14(17)18)8-6-9-13(15)16/h11-12H,3-10H2,1-2H3,(H,15,16)(H,17,18)/p-2. The lowest BCUT2D eigenvalue weighted by atomic mass is 9.86. The second kappa shape index (κ2) is 9.92. The smallest absolute Gasteiger partial charge is 0.0445 e. The SMILES string of the molecule is CCCCC(CC)CC(CCCC(=O)[O-])C(=O)[O-]. The predicted octanol–water partition coefficient (Wildman–Crippen LogP) is 0.879. The number of carbonyl (C=O) groups excluding carboxylic acids is 2. The van der Waals surface area contributed by atoms with Gasteiger partial charge in [-0.15, -0.1) is 0 Å². The van der Waals surface area contributed by atoms with Crippen LogP contribution in [0.3, 0.4) is 0 Å². The number of hydrogen-bond donors (Lipinski definition) is 0. The average Bonchev–Trinajstić information content (AvgIpc) is 2.31. The molecule has 0 aromatic carbocycles. The fourth-order valence-electron chi connectivity index (χ4n) is 2.21. The van der Waals surface area contributed by atoms with Crippen molar-refractivity contribution in [3.8, 4) is 0 Å². The Kier molecular flexibility index (Phi) is 9.33. The van der Waals surface area contributed by atoms with Crippen molar-refractivity contribution in [2.45, 2.75) is 65.2 Å². The van der Waals surface area contributed by atoms with Crippen LogP contribution in [0, 0.1) is 11.8 Å². The molecule has 4 heteroatoms. The highest BCUT2D eigenvalue weighted by Gasteiger charge is 2.16. The third kappa shape index (κ3) is 8.09. The van der Waals surface area contributed by atoms with Crippen LogP contribution in [0.2, 0.25) is 0 Å². The van der Waals surface area contributed by atoms with Gasteiger partial charge in [0.1, 0.15) is 0 Å². The molecule has 0 spiro atoms. The van der Waals surface area contributed by atoms with E-state index in [4.69, 9.17) is 0 Å². The number of carboxylic acid groups (broad SMARTS) is 2. The maximum absolute atomic E-state index is 11.0. The molecule has 0 rings (SSSR count). The monoisotopic (exact) mass is 256 g/mol. The van der Waals surface area contributed by atoms with E-state index in [2.05, 4.69) is 13.8 Å². The van der Waals surface area contributed by atoms with Crippen LogP contribution in [0.4, 0.5) is 0 Å². The van der Waals surface area contributed by atoms with E-state index in [9.17, 15) is 19.8 Å². The van der Waals surface area contributed by atoms with Crippen LogP contribution in [0.25, 0.3) is 0 Å². The van der Waals surface area contributed by atoms with Crippen molar-refractivity contribution in [1.82, 2.24) is 0 Å². The molecule has 0 aromatic rings. The Morgan fingerprint density at radius 3 is 2.17 bits per heavy atom. The summed E-state index contributed by atoms with van der Waals surface area (Å²) in [4.78, 5) is 21.3. The molecule has 0 aromatic heterocycles. The largest absolute Gasteiger partial charge is 0.550 e. The van der Waals surface area contributed by atoms with E-state index in [1.165, 1.54) is 0 Å². The number of unbranched alkanes of at least 4 members (excludes halogenated alkanes) is 1. The Labute approximate surface area is 109 Å². The highest BCUT2D eigenvalue weighted by atomic mass is 16.4. The fraction of sp³-hybridized carbons (Fsp3) is 0.857. The van der Waals surface area contributed by atoms with Crippen molar-refractivity contribution in [2.75, 3.05) is 0 Å². The number of carbonyl (C=O) groups is 2. The molecule has 0 amide bonds. The number of aliphatic carboxylic acids is 2. The zero-order chi connectivity index (χ0) is 14.0. The first-order valence-corrected chi connectivity index (χ1v) is 6.91. The van der Waals surface area contributed by atoms with Crippen LogP contribution >= 0.6 is 0 Å². The van der Waals surface area contributed by atoms with Crippen molar-refractivity contribution < 1.29 is 19.8 Å². The molecule has 0 radical (unpaired) electrons. The van der Waals surface area contributed by atoms with Crippen LogP contribution in [-0.4, -0.2) is 11.9 Å². The van der Waals surface area contributed by atoms with Gasteiger partial charge in [-0.1, -0.05) is 39.5 Å². The highest BCUT2D eigenvalue weighted by molar-refractivity contribution is 5.68. The summed E-state index contributed by atoms with van der Waals surface area (Å²) in [5, 5.41) is 21.3. The van der Waals surface area contributed by atoms with E-state index in [1.807, 2.05) is 0 Å². The molecule has 2 unspecified atom stereocenters. The van der Waals surface area contributed by atoms with Crippen LogP contribution in [-0.2, 0) is 9.59 Å². The van der Waals surface area contributed by atoms with Gasteiger partial charge in [0.05, 0.1) is 0 Å². The van der Waals surface area contributed by atoms with Gasteiger partial charge >= 0.3 is 0 Å². The van der Waals surface area contributed by atoms with Crippen molar-refractivity contribution in [1.29, 1.82) is 0 Å². The predicted molar refractivity (Wildman–Crippen MR) is 65.3 cm³/mol. The first-order chi connectivity index (χ1) is 8.51. The molecule has 106 valence electrons. The highest BCUT2D eigenvalue weighted by Crippen LogP contribution is 2.24. The minimum absolute atomic E-state index is 0.0739. The summed E-state index contributed by atoms with van der Waals surface area (Å²) in [5.41, 5.74) is 0. The minimum atomic E-state index is -1.12. The zero-order valence-electron chi connectivity index (χ0n) is 11.4. The molecular weight excluding hydrogens is 232 g/mol. The van der Waals surface area contributed by atoms with Crippen molar-refractivity contribution in [2.24, 2.45) is 11.8 Å². The molecule has 0 aliphatic carbocycles. The lowest BCUT2D eigenvalue weighted by Gasteiger charge is -2.23. The molecule has 0 bridgehead atoms. The second-order valence-electron chi connectivity index (χ2n) is 4.93. The first kappa shape index (κ1) is 16.9. The van der Waals surface area contributed by atoms with Gasteiger partial charge in [0.25, 0.3) is 0 Å². The molecule has 0 saturated heterocycles. The fourth-order valence-corrected chi connectivity index (χ4v) is 2.21. The van der Waals surface area contributed by atoms with Crippen molar-refractivity contribution in [3.05, 3.63) is 0 Å². The van der Waals surface area contributed by atoms with E-state index in [0.29, 0.717) is 25.2 Å². The van der Waals surface area contributed by atoms with Gasteiger partial charge < -0.3 is 19.8 Å². The summed E-state index contributed by atoms with van der Waals surface area (Å²) in [6.07, 6.45) is 5.47. The Bertz CT molecular complexity index is 250. The van der Waals surface area contributed by atoms with Crippen LogP contribution < -0.4 is 10.2 Å². The lowest BCUT2D eigenvalue weighted by Crippen LogP contribution is -2.33. The summed E-state index contributed by atoms with van der Waals surface area (Å²) in [6.45, 7) is 4.18. The third-order valence-corrected chi connectivity index (χ3v) is 3.43. The topological polar surface area (TPSA) is 80.3 Å². The summed E-state index contributed by atoms with van der Waals surface area (Å²) >= 11 is 0. The molecule has 0 aliphatic rings.